The van der Waals surface area contributed by atoms with E-state index >= 15 is 0 Å². The minimum Gasteiger partial charge on any atom is -0.314 e. The van der Waals surface area contributed by atoms with Crippen molar-refractivity contribution in [1.82, 2.24) is 4.90 Å². The highest BCUT2D eigenvalue weighted by Gasteiger charge is 2.37. The normalized spacial score (nSPS) is 16.0. The van der Waals surface area contributed by atoms with Crippen molar-refractivity contribution < 1.29 is 14.0 Å². The van der Waals surface area contributed by atoms with Crippen molar-refractivity contribution in [3.8, 4) is 0 Å². The molecule has 1 aliphatic rings. The second kappa shape index (κ2) is 4.76. The molecule has 0 radical (unpaired) electrons. The lowest BCUT2D eigenvalue weighted by molar-refractivity contribution is -0.116. The topological polar surface area (TPSA) is 40.6 Å². The van der Waals surface area contributed by atoms with Gasteiger partial charge in [-0.25, -0.2) is 14.1 Å². The molecule has 0 aromatic heterocycles. The number of hydrogen-bond acceptors (Lipinski definition) is 2. The quantitative estimate of drug-likeness (QED) is 0.772. The van der Waals surface area contributed by atoms with E-state index in [-0.39, 0.29) is 30.1 Å². The van der Waals surface area contributed by atoms with Crippen LogP contribution in [0.4, 0.5) is 14.9 Å². The fourth-order valence-corrected chi connectivity index (χ4v) is 2.00. The number of carbonyl (C=O) groups excluding carboxylic acids is 2. The molecular formula is C13H15FN2O2. The lowest BCUT2D eigenvalue weighted by Crippen LogP contribution is -2.34. The first-order valence-corrected chi connectivity index (χ1v) is 5.86. The van der Waals surface area contributed by atoms with Crippen LogP contribution >= 0.6 is 0 Å². The summed E-state index contributed by atoms with van der Waals surface area (Å²) in [5, 5.41) is 0. The minimum absolute atomic E-state index is 0.0630. The average molecular weight is 250 g/mol. The summed E-state index contributed by atoms with van der Waals surface area (Å²) in [5.41, 5.74) is 0.288. The number of carbonyl (C=O) groups is 2. The van der Waals surface area contributed by atoms with Gasteiger partial charge in [0.2, 0.25) is 0 Å². The molecule has 4 nitrogen and oxygen atoms in total. The predicted molar refractivity (Wildman–Crippen MR) is 65.7 cm³/mol. The van der Waals surface area contributed by atoms with Gasteiger partial charge in [-0.05, 0) is 24.1 Å². The lowest BCUT2D eigenvalue weighted by atomic mass is 10.2. The van der Waals surface area contributed by atoms with E-state index in [9.17, 15) is 14.0 Å². The van der Waals surface area contributed by atoms with Gasteiger partial charge in [0.1, 0.15) is 12.4 Å². The maximum Gasteiger partial charge on any atom is 0.331 e. The van der Waals surface area contributed by atoms with Gasteiger partial charge >= 0.3 is 6.03 Å². The summed E-state index contributed by atoms with van der Waals surface area (Å²) in [4.78, 5) is 26.4. The molecule has 0 aliphatic carbocycles. The summed E-state index contributed by atoms with van der Waals surface area (Å²) in [7, 11) is 0. The van der Waals surface area contributed by atoms with Crippen molar-refractivity contribution in [3.63, 3.8) is 0 Å². The van der Waals surface area contributed by atoms with E-state index in [0.29, 0.717) is 6.54 Å². The van der Waals surface area contributed by atoms with Gasteiger partial charge in [-0.2, -0.15) is 0 Å². The van der Waals surface area contributed by atoms with Crippen LogP contribution in [0.1, 0.15) is 13.8 Å². The van der Waals surface area contributed by atoms with Crippen LogP contribution in [0.2, 0.25) is 0 Å². The van der Waals surface area contributed by atoms with Crippen molar-refractivity contribution in [2.24, 2.45) is 5.92 Å². The summed E-state index contributed by atoms with van der Waals surface area (Å²) in [6, 6.07) is 5.13. The fraction of sp³-hybridized carbons (Fsp3) is 0.385. The van der Waals surface area contributed by atoms with Crippen LogP contribution in [0.5, 0.6) is 0 Å². The number of amides is 3. The molecule has 1 fully saturated rings. The average Bonchev–Trinajstić information content (AvgIpc) is 2.53. The molecule has 1 aromatic carbocycles. The zero-order valence-electron chi connectivity index (χ0n) is 10.4. The van der Waals surface area contributed by atoms with Gasteiger partial charge in [-0.15, -0.1) is 0 Å². The van der Waals surface area contributed by atoms with Gasteiger partial charge in [0.25, 0.3) is 5.91 Å². The number of rotatable bonds is 3. The van der Waals surface area contributed by atoms with E-state index in [0.717, 1.165) is 4.90 Å². The SMILES string of the molecule is CC(C)CN1CC(=O)N(c2cccc(F)c2)C1=O. The molecule has 2 rings (SSSR count). The molecule has 0 N–H and O–H groups in total. The maximum absolute atomic E-state index is 13.1. The standard InChI is InChI=1S/C13H15FN2O2/c1-9(2)7-15-8-12(17)16(13(15)18)11-5-3-4-10(14)6-11/h3-6,9H,7-8H2,1-2H3. The van der Waals surface area contributed by atoms with Crippen LogP contribution in [0.15, 0.2) is 24.3 Å². The van der Waals surface area contributed by atoms with E-state index in [2.05, 4.69) is 0 Å². The van der Waals surface area contributed by atoms with E-state index in [1.807, 2.05) is 13.8 Å². The molecule has 3 amide bonds. The Morgan fingerprint density at radius 3 is 2.67 bits per heavy atom. The first kappa shape index (κ1) is 12.5. The Morgan fingerprint density at radius 2 is 2.06 bits per heavy atom. The van der Waals surface area contributed by atoms with E-state index in [1.54, 1.807) is 6.07 Å². The Labute approximate surface area is 105 Å². The first-order chi connectivity index (χ1) is 8.49. The Hall–Kier alpha value is -1.91. The van der Waals surface area contributed by atoms with Crippen molar-refractivity contribution in [2.45, 2.75) is 13.8 Å². The van der Waals surface area contributed by atoms with E-state index in [4.69, 9.17) is 0 Å². The summed E-state index contributed by atoms with van der Waals surface area (Å²) >= 11 is 0. The molecule has 18 heavy (non-hydrogen) atoms. The van der Waals surface area contributed by atoms with Crippen LogP contribution in [-0.4, -0.2) is 29.9 Å². The van der Waals surface area contributed by atoms with Crippen LogP contribution in [-0.2, 0) is 4.79 Å². The summed E-state index contributed by atoms with van der Waals surface area (Å²) < 4.78 is 13.1. The van der Waals surface area contributed by atoms with E-state index in [1.165, 1.54) is 23.1 Å². The third-order valence-electron chi connectivity index (χ3n) is 2.69. The minimum atomic E-state index is -0.463. The largest absolute Gasteiger partial charge is 0.331 e. The maximum atomic E-state index is 13.1. The Bertz CT molecular complexity index is 488. The zero-order valence-corrected chi connectivity index (χ0v) is 10.4. The molecule has 1 aromatic rings. The second-order valence-electron chi connectivity index (χ2n) is 4.77. The number of benzene rings is 1. The number of halogens is 1. The molecule has 1 aliphatic heterocycles. The van der Waals surface area contributed by atoms with Crippen molar-refractivity contribution in [1.29, 1.82) is 0 Å². The number of nitrogens with zero attached hydrogens (tertiary/aromatic N) is 2. The molecule has 0 spiro atoms. The van der Waals surface area contributed by atoms with E-state index < -0.39 is 5.82 Å². The monoisotopic (exact) mass is 250 g/mol. The summed E-state index contributed by atoms with van der Waals surface area (Å²) in [6.45, 7) is 4.54. The van der Waals surface area contributed by atoms with Crippen molar-refractivity contribution in [3.05, 3.63) is 30.1 Å². The number of anilines is 1. The molecule has 1 saturated heterocycles. The van der Waals surface area contributed by atoms with Crippen LogP contribution < -0.4 is 4.90 Å². The van der Waals surface area contributed by atoms with Crippen LogP contribution in [0.25, 0.3) is 0 Å². The Kier molecular flexibility index (Phi) is 3.32. The first-order valence-electron chi connectivity index (χ1n) is 5.86. The predicted octanol–water partition coefficient (Wildman–Crippen LogP) is 2.25. The highest BCUT2D eigenvalue weighted by Crippen LogP contribution is 2.22. The highest BCUT2D eigenvalue weighted by atomic mass is 19.1. The molecule has 5 heteroatoms. The van der Waals surface area contributed by atoms with Crippen molar-refractivity contribution >= 4 is 17.6 Å². The van der Waals surface area contributed by atoms with Gasteiger partial charge in [-0.3, -0.25) is 4.79 Å². The summed E-state index contributed by atoms with van der Waals surface area (Å²) in [5.74, 6) is -0.490. The second-order valence-corrected chi connectivity index (χ2v) is 4.77. The third kappa shape index (κ3) is 2.34. The number of imide groups is 1. The van der Waals surface area contributed by atoms with Gasteiger partial charge in [0.05, 0.1) is 5.69 Å². The Balaban J connectivity index is 2.24. The van der Waals surface area contributed by atoms with Gasteiger partial charge in [0.15, 0.2) is 0 Å². The molecular weight excluding hydrogens is 235 g/mol. The number of urea groups is 1. The molecule has 0 unspecified atom stereocenters. The summed E-state index contributed by atoms with van der Waals surface area (Å²) in [6.07, 6.45) is 0. The van der Waals surface area contributed by atoms with Crippen LogP contribution in [0, 0.1) is 11.7 Å². The lowest BCUT2D eigenvalue weighted by Gasteiger charge is -2.18. The van der Waals surface area contributed by atoms with Crippen LogP contribution in [0.3, 0.4) is 0 Å². The Morgan fingerprint density at radius 1 is 1.33 bits per heavy atom. The highest BCUT2D eigenvalue weighted by molar-refractivity contribution is 6.19. The van der Waals surface area contributed by atoms with Gasteiger partial charge < -0.3 is 4.90 Å². The molecule has 0 atom stereocenters. The molecule has 0 bridgehead atoms. The molecule has 1 heterocycles. The van der Waals surface area contributed by atoms with Crippen molar-refractivity contribution in [2.75, 3.05) is 18.0 Å². The molecule has 96 valence electrons. The zero-order chi connectivity index (χ0) is 13.3. The number of hydrogen-bond donors (Lipinski definition) is 0. The smallest absolute Gasteiger partial charge is 0.314 e. The molecule has 0 saturated carbocycles. The van der Waals surface area contributed by atoms with Gasteiger partial charge in [-0.1, -0.05) is 19.9 Å². The van der Waals surface area contributed by atoms with Gasteiger partial charge in [0, 0.05) is 6.54 Å². The fourth-order valence-electron chi connectivity index (χ4n) is 2.00. The third-order valence-corrected chi connectivity index (χ3v) is 2.69.